The second kappa shape index (κ2) is 8.62. The standard InChI is InChI=1S/C20H20N4O2/c1-2-26-17-10-8-16(9-11-17)21-18-12-13-19(24-23-18)22-20(25)14-15-6-4-3-5-7-15/h3-13H,2,14H2,1H3,(H,21,23)(H,22,24,25). The van der Waals surface area contributed by atoms with Gasteiger partial charge in [-0.3, -0.25) is 4.79 Å². The van der Waals surface area contributed by atoms with Crippen molar-refractivity contribution in [3.63, 3.8) is 0 Å². The Hall–Kier alpha value is -3.41. The first-order valence-corrected chi connectivity index (χ1v) is 8.40. The number of amides is 1. The van der Waals surface area contributed by atoms with E-state index in [1.807, 2.05) is 61.5 Å². The number of nitrogens with one attached hydrogen (secondary N) is 2. The Kier molecular flexibility index (Phi) is 5.77. The molecule has 0 radical (unpaired) electrons. The molecule has 0 bridgehead atoms. The van der Waals surface area contributed by atoms with Crippen molar-refractivity contribution in [3.8, 4) is 5.75 Å². The Labute approximate surface area is 152 Å². The summed E-state index contributed by atoms with van der Waals surface area (Å²) < 4.78 is 5.41. The highest BCUT2D eigenvalue weighted by Crippen LogP contribution is 2.19. The molecule has 26 heavy (non-hydrogen) atoms. The lowest BCUT2D eigenvalue weighted by Crippen LogP contribution is -2.15. The minimum absolute atomic E-state index is 0.127. The Balaban J connectivity index is 1.55. The zero-order chi connectivity index (χ0) is 18.2. The van der Waals surface area contributed by atoms with E-state index in [2.05, 4.69) is 20.8 Å². The number of rotatable bonds is 7. The molecule has 0 fully saturated rings. The number of nitrogens with zero attached hydrogens (tertiary/aromatic N) is 2. The highest BCUT2D eigenvalue weighted by atomic mass is 16.5. The van der Waals surface area contributed by atoms with Crippen molar-refractivity contribution < 1.29 is 9.53 Å². The van der Waals surface area contributed by atoms with Gasteiger partial charge in [0.05, 0.1) is 13.0 Å². The topological polar surface area (TPSA) is 76.1 Å². The zero-order valence-electron chi connectivity index (χ0n) is 14.5. The van der Waals surface area contributed by atoms with Crippen LogP contribution in [-0.2, 0) is 11.2 Å². The van der Waals surface area contributed by atoms with E-state index >= 15 is 0 Å². The lowest BCUT2D eigenvalue weighted by atomic mass is 10.1. The molecule has 1 aromatic heterocycles. The Morgan fingerprint density at radius 3 is 2.27 bits per heavy atom. The summed E-state index contributed by atoms with van der Waals surface area (Å²) in [6.45, 7) is 2.58. The van der Waals surface area contributed by atoms with E-state index in [-0.39, 0.29) is 5.91 Å². The molecule has 0 aliphatic rings. The number of hydrogen-bond acceptors (Lipinski definition) is 5. The van der Waals surface area contributed by atoms with Crippen molar-refractivity contribution >= 4 is 23.2 Å². The number of aromatic nitrogens is 2. The van der Waals surface area contributed by atoms with Crippen LogP contribution in [-0.4, -0.2) is 22.7 Å². The van der Waals surface area contributed by atoms with Gasteiger partial charge in [0.15, 0.2) is 11.6 Å². The molecule has 0 unspecified atom stereocenters. The third-order valence-electron chi connectivity index (χ3n) is 3.58. The van der Waals surface area contributed by atoms with E-state index in [0.717, 1.165) is 17.0 Å². The first kappa shape index (κ1) is 17.4. The van der Waals surface area contributed by atoms with Crippen molar-refractivity contribution in [1.82, 2.24) is 10.2 Å². The van der Waals surface area contributed by atoms with Gasteiger partial charge in [0.25, 0.3) is 0 Å². The maximum absolute atomic E-state index is 12.0. The summed E-state index contributed by atoms with van der Waals surface area (Å²) in [6, 6.07) is 20.6. The number of carbonyl (C=O) groups excluding carboxylic acids is 1. The lowest BCUT2D eigenvalue weighted by molar-refractivity contribution is -0.115. The number of anilines is 3. The van der Waals surface area contributed by atoms with Crippen LogP contribution in [0.15, 0.2) is 66.7 Å². The fourth-order valence-corrected chi connectivity index (χ4v) is 2.38. The molecule has 3 rings (SSSR count). The molecule has 1 amide bonds. The molecule has 0 atom stereocenters. The van der Waals surface area contributed by atoms with Gasteiger partial charge in [-0.15, -0.1) is 10.2 Å². The third kappa shape index (κ3) is 5.04. The molecular formula is C20H20N4O2. The van der Waals surface area contributed by atoms with Crippen molar-refractivity contribution in [3.05, 3.63) is 72.3 Å². The quantitative estimate of drug-likeness (QED) is 0.679. The van der Waals surface area contributed by atoms with Gasteiger partial charge in [0.2, 0.25) is 5.91 Å². The van der Waals surface area contributed by atoms with Crippen LogP contribution in [0.4, 0.5) is 17.3 Å². The molecule has 0 spiro atoms. The van der Waals surface area contributed by atoms with E-state index < -0.39 is 0 Å². The van der Waals surface area contributed by atoms with Gasteiger partial charge >= 0.3 is 0 Å². The monoisotopic (exact) mass is 348 g/mol. The molecule has 2 aromatic carbocycles. The average molecular weight is 348 g/mol. The molecule has 2 N–H and O–H groups in total. The molecule has 3 aromatic rings. The smallest absolute Gasteiger partial charge is 0.229 e. The average Bonchev–Trinajstić information content (AvgIpc) is 2.66. The van der Waals surface area contributed by atoms with E-state index in [0.29, 0.717) is 24.7 Å². The van der Waals surface area contributed by atoms with Crippen LogP contribution in [0.25, 0.3) is 0 Å². The number of ether oxygens (including phenoxy) is 1. The molecule has 6 nitrogen and oxygen atoms in total. The summed E-state index contributed by atoms with van der Waals surface area (Å²) in [4.78, 5) is 12.0. The fourth-order valence-electron chi connectivity index (χ4n) is 2.38. The maximum atomic E-state index is 12.0. The summed E-state index contributed by atoms with van der Waals surface area (Å²) in [6.07, 6.45) is 0.300. The van der Waals surface area contributed by atoms with Crippen molar-refractivity contribution in [2.24, 2.45) is 0 Å². The summed E-state index contributed by atoms with van der Waals surface area (Å²) in [5, 5.41) is 14.0. The summed E-state index contributed by atoms with van der Waals surface area (Å²) in [5.74, 6) is 1.71. The SMILES string of the molecule is CCOc1ccc(Nc2ccc(NC(=O)Cc3ccccc3)nn2)cc1. The maximum Gasteiger partial charge on any atom is 0.229 e. The minimum Gasteiger partial charge on any atom is -0.494 e. The Morgan fingerprint density at radius 2 is 1.62 bits per heavy atom. The van der Waals surface area contributed by atoms with E-state index in [9.17, 15) is 4.79 Å². The summed E-state index contributed by atoms with van der Waals surface area (Å²) in [7, 11) is 0. The highest BCUT2D eigenvalue weighted by Gasteiger charge is 2.06. The van der Waals surface area contributed by atoms with Gasteiger partial charge in [-0.1, -0.05) is 30.3 Å². The first-order chi connectivity index (χ1) is 12.7. The van der Waals surface area contributed by atoms with E-state index in [1.54, 1.807) is 12.1 Å². The predicted molar refractivity (Wildman–Crippen MR) is 102 cm³/mol. The van der Waals surface area contributed by atoms with E-state index in [1.165, 1.54) is 0 Å². The Bertz CT molecular complexity index is 834. The largest absolute Gasteiger partial charge is 0.494 e. The highest BCUT2D eigenvalue weighted by molar-refractivity contribution is 5.91. The summed E-state index contributed by atoms with van der Waals surface area (Å²) in [5.41, 5.74) is 1.83. The lowest BCUT2D eigenvalue weighted by Gasteiger charge is -2.08. The minimum atomic E-state index is -0.127. The van der Waals surface area contributed by atoms with Crippen LogP contribution in [0.2, 0.25) is 0 Å². The van der Waals surface area contributed by atoms with Crippen LogP contribution in [0.5, 0.6) is 5.75 Å². The molecule has 1 heterocycles. The number of carbonyl (C=O) groups is 1. The van der Waals surface area contributed by atoms with Crippen LogP contribution < -0.4 is 15.4 Å². The van der Waals surface area contributed by atoms with Crippen molar-refractivity contribution in [1.29, 1.82) is 0 Å². The molecule has 0 aliphatic carbocycles. The molecular weight excluding hydrogens is 328 g/mol. The van der Waals surface area contributed by atoms with Crippen LogP contribution in [0, 0.1) is 0 Å². The summed E-state index contributed by atoms with van der Waals surface area (Å²) >= 11 is 0. The predicted octanol–water partition coefficient (Wildman–Crippen LogP) is 3.80. The zero-order valence-corrected chi connectivity index (χ0v) is 14.5. The number of benzene rings is 2. The molecule has 0 aliphatic heterocycles. The molecule has 0 saturated heterocycles. The van der Waals surface area contributed by atoms with Crippen LogP contribution >= 0.6 is 0 Å². The van der Waals surface area contributed by atoms with Crippen molar-refractivity contribution in [2.75, 3.05) is 17.2 Å². The first-order valence-electron chi connectivity index (χ1n) is 8.40. The molecule has 6 heteroatoms. The van der Waals surface area contributed by atoms with E-state index in [4.69, 9.17) is 4.74 Å². The molecule has 132 valence electrons. The van der Waals surface area contributed by atoms with Crippen LogP contribution in [0.3, 0.4) is 0 Å². The van der Waals surface area contributed by atoms with Gasteiger partial charge < -0.3 is 15.4 Å². The van der Waals surface area contributed by atoms with Gasteiger partial charge in [-0.2, -0.15) is 0 Å². The van der Waals surface area contributed by atoms with Crippen molar-refractivity contribution in [2.45, 2.75) is 13.3 Å². The third-order valence-corrected chi connectivity index (χ3v) is 3.58. The van der Waals surface area contributed by atoms with Crippen LogP contribution in [0.1, 0.15) is 12.5 Å². The number of hydrogen-bond donors (Lipinski definition) is 2. The fraction of sp³-hybridized carbons (Fsp3) is 0.150. The van der Waals surface area contributed by atoms with Gasteiger partial charge in [-0.05, 0) is 48.9 Å². The second-order valence-electron chi connectivity index (χ2n) is 5.60. The van der Waals surface area contributed by atoms with Gasteiger partial charge in [-0.25, -0.2) is 0 Å². The van der Waals surface area contributed by atoms with Gasteiger partial charge in [0, 0.05) is 5.69 Å². The van der Waals surface area contributed by atoms with Gasteiger partial charge in [0.1, 0.15) is 5.75 Å². The normalized spacial score (nSPS) is 10.2. The second-order valence-corrected chi connectivity index (χ2v) is 5.60. The molecule has 0 saturated carbocycles. The Morgan fingerprint density at radius 1 is 0.923 bits per heavy atom.